The lowest BCUT2D eigenvalue weighted by atomic mass is 10.0. The largest absolute Gasteiger partial charge is 0.497 e. The van der Waals surface area contributed by atoms with Crippen molar-refractivity contribution in [3.8, 4) is 5.75 Å². The van der Waals surface area contributed by atoms with Crippen LogP contribution in [0.3, 0.4) is 0 Å². The van der Waals surface area contributed by atoms with E-state index in [2.05, 4.69) is 10.6 Å². The van der Waals surface area contributed by atoms with E-state index < -0.39 is 29.2 Å². The fourth-order valence-electron chi connectivity index (χ4n) is 4.54. The highest BCUT2D eigenvalue weighted by Crippen LogP contribution is 2.17. The lowest BCUT2D eigenvalue weighted by Crippen LogP contribution is -2.47. The van der Waals surface area contributed by atoms with Crippen molar-refractivity contribution < 1.29 is 28.6 Å². The zero-order chi connectivity index (χ0) is 33.4. The topological polar surface area (TPSA) is 125 Å². The number of amides is 2. The highest BCUT2D eigenvalue weighted by Gasteiger charge is 2.26. The Hall–Kier alpha value is -4.60. The van der Waals surface area contributed by atoms with E-state index in [0.717, 1.165) is 16.7 Å². The highest BCUT2D eigenvalue weighted by molar-refractivity contribution is 5.97. The molecule has 0 bridgehead atoms. The van der Waals surface area contributed by atoms with Crippen molar-refractivity contribution in [3.05, 3.63) is 93.4 Å². The number of carbonyl (C=O) groups excluding carboxylic acids is 3. The van der Waals surface area contributed by atoms with Crippen molar-refractivity contribution in [2.75, 3.05) is 12.4 Å². The molecule has 1 atom stereocenters. The van der Waals surface area contributed by atoms with Gasteiger partial charge in [0.25, 0.3) is 5.56 Å². The Labute approximate surface area is 265 Å². The standard InChI is InChI=1S/C35H45N3O7/c1-9-26-18-19-38(22-25-14-16-27(43-8)17-15-25)32(41)30(26)37-31(40)28(36-33(42)45-35(5,6)7)20-23-10-12-24(13-11-23)21-29(39)44-34(2,3)4/h10-19,28H,9,20-22H2,1-8H3,(H,36,42)(H,37,40). The molecule has 0 aliphatic rings. The highest BCUT2D eigenvalue weighted by atomic mass is 16.6. The monoisotopic (exact) mass is 619 g/mol. The van der Waals surface area contributed by atoms with Crippen LogP contribution in [0.5, 0.6) is 5.75 Å². The molecule has 0 fully saturated rings. The number of nitrogens with zero attached hydrogens (tertiary/aromatic N) is 1. The van der Waals surface area contributed by atoms with Crippen LogP contribution in [0.2, 0.25) is 0 Å². The minimum Gasteiger partial charge on any atom is -0.497 e. The molecule has 2 N–H and O–H groups in total. The summed E-state index contributed by atoms with van der Waals surface area (Å²) in [7, 11) is 1.59. The van der Waals surface area contributed by atoms with Gasteiger partial charge in [-0.05, 0) is 88.4 Å². The second-order valence-corrected chi connectivity index (χ2v) is 12.8. The average Bonchev–Trinajstić information content (AvgIpc) is 2.94. The van der Waals surface area contributed by atoms with E-state index in [1.165, 1.54) is 4.57 Å². The number of nitrogens with one attached hydrogen (secondary N) is 2. The molecule has 0 spiro atoms. The zero-order valence-corrected chi connectivity index (χ0v) is 27.5. The smallest absolute Gasteiger partial charge is 0.408 e. The van der Waals surface area contributed by atoms with E-state index in [4.69, 9.17) is 14.2 Å². The fourth-order valence-corrected chi connectivity index (χ4v) is 4.54. The predicted molar refractivity (Wildman–Crippen MR) is 174 cm³/mol. The maximum atomic E-state index is 13.7. The summed E-state index contributed by atoms with van der Waals surface area (Å²) < 4.78 is 17.6. The van der Waals surface area contributed by atoms with Gasteiger partial charge >= 0.3 is 12.1 Å². The lowest BCUT2D eigenvalue weighted by molar-refractivity contribution is -0.153. The molecule has 45 heavy (non-hydrogen) atoms. The summed E-state index contributed by atoms with van der Waals surface area (Å²) in [4.78, 5) is 52.3. The molecule has 0 aliphatic carbocycles. The SMILES string of the molecule is CCc1ccn(Cc2ccc(OC)cc2)c(=O)c1NC(=O)C(Cc1ccc(CC(=O)OC(C)(C)C)cc1)NC(=O)OC(C)(C)C. The van der Waals surface area contributed by atoms with Gasteiger partial charge in [-0.3, -0.25) is 14.4 Å². The van der Waals surface area contributed by atoms with Gasteiger partial charge in [0.1, 0.15) is 28.7 Å². The lowest BCUT2D eigenvalue weighted by Gasteiger charge is -2.24. The number of methoxy groups -OCH3 is 1. The molecular weight excluding hydrogens is 574 g/mol. The summed E-state index contributed by atoms with van der Waals surface area (Å²) in [6.07, 6.45) is 1.68. The fraction of sp³-hybridized carbons (Fsp3) is 0.429. The summed E-state index contributed by atoms with van der Waals surface area (Å²) in [6.45, 7) is 12.8. The molecule has 2 amide bonds. The van der Waals surface area contributed by atoms with Crippen LogP contribution in [0.1, 0.15) is 70.7 Å². The molecule has 0 saturated heterocycles. The Morgan fingerprint density at radius 1 is 0.822 bits per heavy atom. The van der Waals surface area contributed by atoms with Crippen LogP contribution in [-0.4, -0.2) is 46.9 Å². The number of alkyl carbamates (subject to hydrolysis) is 1. The Bertz CT molecular complexity index is 1530. The predicted octanol–water partition coefficient (Wildman–Crippen LogP) is 5.43. The number of aryl methyl sites for hydroxylation is 1. The Balaban J connectivity index is 1.85. The number of aromatic nitrogens is 1. The van der Waals surface area contributed by atoms with E-state index in [0.29, 0.717) is 24.3 Å². The molecule has 10 nitrogen and oxygen atoms in total. The molecule has 3 rings (SSSR count). The summed E-state index contributed by atoms with van der Waals surface area (Å²) >= 11 is 0. The second-order valence-electron chi connectivity index (χ2n) is 12.8. The van der Waals surface area contributed by atoms with Gasteiger partial charge in [0, 0.05) is 12.6 Å². The van der Waals surface area contributed by atoms with Crippen LogP contribution in [0, 0.1) is 0 Å². The molecule has 1 unspecified atom stereocenters. The number of ether oxygens (including phenoxy) is 3. The molecule has 1 aromatic heterocycles. The van der Waals surface area contributed by atoms with Gasteiger partial charge < -0.3 is 29.4 Å². The van der Waals surface area contributed by atoms with Crippen molar-refractivity contribution in [3.63, 3.8) is 0 Å². The van der Waals surface area contributed by atoms with Crippen molar-refractivity contribution >= 4 is 23.7 Å². The first kappa shape index (κ1) is 34.9. The normalized spacial score (nSPS) is 12.2. The first-order chi connectivity index (χ1) is 21.1. The molecule has 242 valence electrons. The van der Waals surface area contributed by atoms with Crippen LogP contribution in [0.4, 0.5) is 10.5 Å². The maximum Gasteiger partial charge on any atom is 0.408 e. The van der Waals surface area contributed by atoms with Gasteiger partial charge in [-0.1, -0.05) is 43.3 Å². The van der Waals surface area contributed by atoms with E-state index in [1.807, 2.05) is 52.0 Å². The third-order valence-electron chi connectivity index (χ3n) is 6.63. The average molecular weight is 620 g/mol. The third-order valence-corrected chi connectivity index (χ3v) is 6.63. The van der Waals surface area contributed by atoms with Crippen LogP contribution in [-0.2, 0) is 44.9 Å². The number of carbonyl (C=O) groups is 3. The number of rotatable bonds is 11. The minimum absolute atomic E-state index is 0.105. The van der Waals surface area contributed by atoms with Crippen LogP contribution in [0.15, 0.2) is 65.6 Å². The van der Waals surface area contributed by atoms with Crippen LogP contribution < -0.4 is 20.9 Å². The van der Waals surface area contributed by atoms with Crippen molar-refractivity contribution in [1.82, 2.24) is 9.88 Å². The van der Waals surface area contributed by atoms with Gasteiger partial charge in [-0.15, -0.1) is 0 Å². The van der Waals surface area contributed by atoms with E-state index >= 15 is 0 Å². The van der Waals surface area contributed by atoms with Gasteiger partial charge in [-0.2, -0.15) is 0 Å². The molecule has 1 heterocycles. The third kappa shape index (κ3) is 11.1. The number of hydrogen-bond donors (Lipinski definition) is 2. The van der Waals surface area contributed by atoms with Gasteiger partial charge in [0.2, 0.25) is 5.91 Å². The Morgan fingerprint density at radius 2 is 1.40 bits per heavy atom. The first-order valence-corrected chi connectivity index (χ1v) is 15.0. The van der Waals surface area contributed by atoms with Crippen LogP contribution >= 0.6 is 0 Å². The van der Waals surface area contributed by atoms with Gasteiger partial charge in [0.05, 0.1) is 20.1 Å². The second kappa shape index (κ2) is 14.9. The maximum absolute atomic E-state index is 13.7. The van der Waals surface area contributed by atoms with Crippen molar-refractivity contribution in [2.45, 2.75) is 91.5 Å². The molecular formula is C35H45N3O7. The van der Waals surface area contributed by atoms with E-state index in [9.17, 15) is 19.2 Å². The Kier molecular flexibility index (Phi) is 11.6. The quantitative estimate of drug-likeness (QED) is 0.275. The number of esters is 1. The number of pyridine rings is 1. The Morgan fingerprint density at radius 3 is 1.96 bits per heavy atom. The van der Waals surface area contributed by atoms with E-state index in [-0.39, 0.29) is 30.1 Å². The molecule has 2 aromatic carbocycles. The molecule has 10 heteroatoms. The zero-order valence-electron chi connectivity index (χ0n) is 27.5. The summed E-state index contributed by atoms with van der Waals surface area (Å²) in [5.74, 6) is -0.194. The van der Waals surface area contributed by atoms with Crippen molar-refractivity contribution in [1.29, 1.82) is 0 Å². The van der Waals surface area contributed by atoms with Crippen molar-refractivity contribution in [2.24, 2.45) is 0 Å². The van der Waals surface area contributed by atoms with Gasteiger partial charge in [-0.25, -0.2) is 4.79 Å². The summed E-state index contributed by atoms with van der Waals surface area (Å²) in [5.41, 5.74) is 1.48. The van der Waals surface area contributed by atoms with E-state index in [1.54, 1.807) is 64.4 Å². The van der Waals surface area contributed by atoms with Gasteiger partial charge in [0.15, 0.2) is 0 Å². The summed E-state index contributed by atoms with van der Waals surface area (Å²) in [6, 6.07) is 15.3. The molecule has 3 aromatic rings. The molecule has 0 radical (unpaired) electrons. The minimum atomic E-state index is -1.06. The molecule has 0 saturated carbocycles. The number of benzene rings is 2. The first-order valence-electron chi connectivity index (χ1n) is 15.0. The number of anilines is 1. The van der Waals surface area contributed by atoms with Crippen LogP contribution in [0.25, 0.3) is 0 Å². The molecule has 0 aliphatic heterocycles. The number of hydrogen-bond acceptors (Lipinski definition) is 7. The summed E-state index contributed by atoms with van der Waals surface area (Å²) in [5, 5.41) is 5.47.